The van der Waals surface area contributed by atoms with E-state index < -0.39 is 6.29 Å². The number of hydrogen-bond donors (Lipinski definition) is 5. The Hall–Kier alpha value is -0.500. The molecular weight excluding hydrogens is 317 g/mol. The molecular formula is C16H27ClFN5. The number of allylic oxidation sites excluding steroid dienone is 2. The summed E-state index contributed by atoms with van der Waals surface area (Å²) in [5.41, 5.74) is 11.2. The highest BCUT2D eigenvalue weighted by Crippen LogP contribution is 2.39. The van der Waals surface area contributed by atoms with Crippen LogP contribution in [0.15, 0.2) is 23.0 Å². The van der Waals surface area contributed by atoms with Crippen LogP contribution in [0.5, 0.6) is 0 Å². The summed E-state index contributed by atoms with van der Waals surface area (Å²) in [6.07, 6.45) is 8.04. The molecule has 5 atom stereocenters. The summed E-state index contributed by atoms with van der Waals surface area (Å²) in [7, 11) is 0. The Morgan fingerprint density at radius 3 is 2.87 bits per heavy atom. The quantitative estimate of drug-likeness (QED) is 0.391. The van der Waals surface area contributed by atoms with Crippen molar-refractivity contribution >= 4 is 11.6 Å². The molecule has 7 N–H and O–H groups in total. The summed E-state index contributed by atoms with van der Waals surface area (Å²) in [6.45, 7) is 1.02. The fourth-order valence-corrected chi connectivity index (χ4v) is 4.47. The molecule has 3 rings (SSSR count). The molecule has 2 aliphatic heterocycles. The summed E-state index contributed by atoms with van der Waals surface area (Å²) < 4.78 is 13.6. The lowest BCUT2D eigenvalue weighted by Crippen LogP contribution is -2.57. The van der Waals surface area contributed by atoms with E-state index in [0.29, 0.717) is 35.8 Å². The molecule has 0 amide bonds. The van der Waals surface area contributed by atoms with Gasteiger partial charge in [0.1, 0.15) is 12.1 Å². The van der Waals surface area contributed by atoms with Crippen LogP contribution in [-0.2, 0) is 0 Å². The van der Waals surface area contributed by atoms with E-state index in [9.17, 15) is 4.39 Å². The second-order valence-corrected chi connectivity index (χ2v) is 7.30. The maximum Gasteiger partial charge on any atom is 0.114 e. The fourth-order valence-electron chi connectivity index (χ4n) is 4.18. The van der Waals surface area contributed by atoms with Crippen LogP contribution < -0.4 is 27.4 Å². The topological polar surface area (TPSA) is 88.1 Å². The first-order valence-electron chi connectivity index (χ1n) is 8.52. The average molecular weight is 344 g/mol. The first-order valence-corrected chi connectivity index (χ1v) is 8.90. The first-order chi connectivity index (χ1) is 11.0. The minimum atomic E-state index is -0.540. The Balaban J connectivity index is 1.65. The second-order valence-electron chi connectivity index (χ2n) is 6.85. The van der Waals surface area contributed by atoms with Crippen LogP contribution in [-0.4, -0.2) is 31.1 Å². The van der Waals surface area contributed by atoms with Gasteiger partial charge in [-0.05, 0) is 44.1 Å². The van der Waals surface area contributed by atoms with Crippen LogP contribution >= 0.6 is 11.6 Å². The first kappa shape index (κ1) is 17.3. The van der Waals surface area contributed by atoms with Crippen LogP contribution in [0.3, 0.4) is 0 Å². The van der Waals surface area contributed by atoms with Crippen LogP contribution in [0.2, 0.25) is 0 Å². The van der Waals surface area contributed by atoms with E-state index >= 15 is 0 Å². The zero-order valence-corrected chi connectivity index (χ0v) is 14.0. The zero-order valence-electron chi connectivity index (χ0n) is 13.3. The summed E-state index contributed by atoms with van der Waals surface area (Å²) in [5, 5.41) is 10.7. The Labute approximate surface area is 142 Å². The Morgan fingerprint density at radius 2 is 2.13 bits per heavy atom. The Bertz CT molecular complexity index is 481. The molecule has 0 spiro atoms. The number of rotatable bonds is 4. The molecule has 7 heteroatoms. The van der Waals surface area contributed by atoms with Crippen molar-refractivity contribution in [2.24, 2.45) is 23.3 Å². The third-order valence-electron chi connectivity index (χ3n) is 5.25. The van der Waals surface area contributed by atoms with Crippen LogP contribution in [0.4, 0.5) is 4.39 Å². The van der Waals surface area contributed by atoms with Crippen molar-refractivity contribution in [1.82, 2.24) is 16.0 Å². The van der Waals surface area contributed by atoms with Gasteiger partial charge >= 0.3 is 0 Å². The summed E-state index contributed by atoms with van der Waals surface area (Å²) in [6, 6.07) is 0.636. The zero-order chi connectivity index (χ0) is 16.4. The Kier molecular flexibility index (Phi) is 5.72. The molecule has 0 aromatic carbocycles. The minimum absolute atomic E-state index is 0.00913. The van der Waals surface area contributed by atoms with Crippen LogP contribution in [0, 0.1) is 11.8 Å². The van der Waals surface area contributed by atoms with Crippen molar-refractivity contribution in [3.63, 3.8) is 0 Å². The molecule has 1 fully saturated rings. The van der Waals surface area contributed by atoms with E-state index in [4.69, 9.17) is 23.1 Å². The minimum Gasteiger partial charge on any atom is -0.313 e. The van der Waals surface area contributed by atoms with Gasteiger partial charge in [-0.3, -0.25) is 10.6 Å². The normalized spacial score (nSPS) is 38.6. The maximum absolute atomic E-state index is 13.6. The summed E-state index contributed by atoms with van der Waals surface area (Å²) in [5.74, 6) is 0.734. The van der Waals surface area contributed by atoms with E-state index in [2.05, 4.69) is 28.1 Å². The number of nitrogens with one attached hydrogen (secondary N) is 3. The molecule has 0 aromatic heterocycles. The van der Waals surface area contributed by atoms with E-state index in [-0.39, 0.29) is 18.0 Å². The van der Waals surface area contributed by atoms with E-state index in [0.717, 1.165) is 25.8 Å². The Morgan fingerprint density at radius 1 is 1.30 bits per heavy atom. The molecule has 0 saturated carbocycles. The SMILES string of the molecule is NC(N)NC1C=CC(C2CCCNC2C2CCC(F)=C(Cl)C2)N1. The van der Waals surface area contributed by atoms with Gasteiger partial charge in [-0.1, -0.05) is 23.8 Å². The lowest BCUT2D eigenvalue weighted by atomic mass is 9.74. The van der Waals surface area contributed by atoms with Gasteiger partial charge in [0.15, 0.2) is 0 Å². The van der Waals surface area contributed by atoms with Gasteiger partial charge in [0.2, 0.25) is 0 Å². The molecule has 5 nitrogen and oxygen atoms in total. The summed E-state index contributed by atoms with van der Waals surface area (Å²) >= 11 is 6.08. The highest BCUT2D eigenvalue weighted by molar-refractivity contribution is 6.29. The molecule has 130 valence electrons. The van der Waals surface area contributed by atoms with Crippen molar-refractivity contribution in [2.45, 2.75) is 56.6 Å². The monoisotopic (exact) mass is 343 g/mol. The number of halogens is 2. The van der Waals surface area contributed by atoms with Crippen molar-refractivity contribution in [2.75, 3.05) is 6.54 Å². The van der Waals surface area contributed by atoms with E-state index in [1.165, 1.54) is 0 Å². The lowest BCUT2D eigenvalue weighted by Gasteiger charge is -2.42. The molecule has 1 saturated heterocycles. The molecule has 0 radical (unpaired) electrons. The van der Waals surface area contributed by atoms with Gasteiger partial charge in [-0.2, -0.15) is 0 Å². The van der Waals surface area contributed by atoms with E-state index in [1.807, 2.05) is 0 Å². The van der Waals surface area contributed by atoms with Gasteiger partial charge in [0.05, 0.1) is 6.17 Å². The largest absolute Gasteiger partial charge is 0.313 e. The second kappa shape index (κ2) is 7.59. The average Bonchev–Trinajstić information content (AvgIpc) is 2.97. The van der Waals surface area contributed by atoms with Gasteiger partial charge in [-0.25, -0.2) is 4.39 Å². The summed E-state index contributed by atoms with van der Waals surface area (Å²) in [4.78, 5) is 0. The van der Waals surface area contributed by atoms with Gasteiger partial charge in [0, 0.05) is 23.5 Å². The van der Waals surface area contributed by atoms with Crippen molar-refractivity contribution in [1.29, 1.82) is 0 Å². The van der Waals surface area contributed by atoms with Gasteiger partial charge < -0.3 is 16.8 Å². The van der Waals surface area contributed by atoms with Crippen molar-refractivity contribution < 1.29 is 4.39 Å². The number of hydrogen-bond acceptors (Lipinski definition) is 5. The molecule has 1 aliphatic carbocycles. The molecule has 3 aliphatic rings. The van der Waals surface area contributed by atoms with Crippen LogP contribution in [0.1, 0.15) is 32.1 Å². The highest BCUT2D eigenvalue weighted by Gasteiger charge is 2.39. The van der Waals surface area contributed by atoms with Crippen molar-refractivity contribution in [3.05, 3.63) is 23.0 Å². The fraction of sp³-hybridized carbons (Fsp3) is 0.750. The third-order valence-corrected chi connectivity index (χ3v) is 5.61. The van der Waals surface area contributed by atoms with Gasteiger partial charge in [0.25, 0.3) is 0 Å². The highest BCUT2D eigenvalue weighted by atomic mass is 35.5. The molecule has 5 unspecified atom stereocenters. The molecule has 2 heterocycles. The third kappa shape index (κ3) is 4.13. The van der Waals surface area contributed by atoms with Crippen LogP contribution in [0.25, 0.3) is 0 Å². The lowest BCUT2D eigenvalue weighted by molar-refractivity contribution is 0.166. The maximum atomic E-state index is 13.6. The number of nitrogens with two attached hydrogens (primary N) is 2. The smallest absolute Gasteiger partial charge is 0.114 e. The molecule has 0 aromatic rings. The number of piperidine rings is 1. The predicted octanol–water partition coefficient (Wildman–Crippen LogP) is 1.22. The van der Waals surface area contributed by atoms with Gasteiger partial charge in [-0.15, -0.1) is 0 Å². The molecule has 0 bridgehead atoms. The van der Waals surface area contributed by atoms with E-state index in [1.54, 1.807) is 0 Å². The predicted molar refractivity (Wildman–Crippen MR) is 91.0 cm³/mol. The standard InChI is InChI=1S/C16H27ClFN5/c17-11-8-9(3-4-12(11)18)15-10(2-1-7-21-15)13-5-6-14(22-13)23-16(19)20/h5-6,9-10,13-16,21-23H,1-4,7-8,19-20H2. The van der Waals surface area contributed by atoms with Crippen molar-refractivity contribution in [3.8, 4) is 0 Å². The molecule has 23 heavy (non-hydrogen) atoms.